The van der Waals surface area contributed by atoms with E-state index < -0.39 is 0 Å². The van der Waals surface area contributed by atoms with Gasteiger partial charge in [0, 0.05) is 12.1 Å². The molecule has 0 bridgehead atoms. The van der Waals surface area contributed by atoms with Crippen molar-refractivity contribution in [1.29, 1.82) is 0 Å². The third-order valence-corrected chi connectivity index (χ3v) is 2.28. The van der Waals surface area contributed by atoms with Gasteiger partial charge in [0.25, 0.3) is 0 Å². The first-order valence-corrected chi connectivity index (χ1v) is 5.07. The third kappa shape index (κ3) is 2.83. The van der Waals surface area contributed by atoms with Gasteiger partial charge in [0.2, 0.25) is 0 Å². The summed E-state index contributed by atoms with van der Waals surface area (Å²) < 4.78 is 10.7. The standard InChI is InChI=1S/C13H11NO3.ClH/c1-2-5-16-9-3-4-11-12(15)6-10(8-14)17-13(11)7-9;/h1,3-4,6-7H,5,8,14H2;1H. The van der Waals surface area contributed by atoms with Crippen LogP contribution in [0.5, 0.6) is 5.75 Å². The minimum Gasteiger partial charge on any atom is -0.481 e. The molecule has 2 aromatic rings. The van der Waals surface area contributed by atoms with Crippen molar-refractivity contribution in [2.75, 3.05) is 6.61 Å². The molecular formula is C13H12ClNO3. The molecule has 2 rings (SSSR count). The van der Waals surface area contributed by atoms with Gasteiger partial charge in [0.1, 0.15) is 23.7 Å². The Kier molecular flexibility index (Phi) is 4.78. The molecule has 4 nitrogen and oxygen atoms in total. The first-order valence-electron chi connectivity index (χ1n) is 5.07. The van der Waals surface area contributed by atoms with Crippen LogP contribution >= 0.6 is 12.4 Å². The number of fused-ring (bicyclic) bond motifs is 1. The Hall–Kier alpha value is -1.96. The lowest BCUT2D eigenvalue weighted by Crippen LogP contribution is -2.05. The second kappa shape index (κ2) is 6.10. The number of hydrogen-bond acceptors (Lipinski definition) is 4. The minimum atomic E-state index is -0.116. The average molecular weight is 266 g/mol. The van der Waals surface area contributed by atoms with Gasteiger partial charge in [-0.25, -0.2) is 0 Å². The SMILES string of the molecule is C#CCOc1ccc2c(=O)cc(CN)oc2c1.Cl. The molecule has 0 saturated carbocycles. The largest absolute Gasteiger partial charge is 0.481 e. The van der Waals surface area contributed by atoms with Crippen molar-refractivity contribution in [3.05, 3.63) is 40.2 Å². The topological polar surface area (TPSA) is 65.5 Å². The Bertz CT molecular complexity index is 643. The highest BCUT2D eigenvalue weighted by molar-refractivity contribution is 5.85. The van der Waals surface area contributed by atoms with E-state index >= 15 is 0 Å². The van der Waals surface area contributed by atoms with Gasteiger partial charge in [0.05, 0.1) is 11.9 Å². The van der Waals surface area contributed by atoms with Crippen LogP contribution in [0.4, 0.5) is 0 Å². The highest BCUT2D eigenvalue weighted by Gasteiger charge is 2.05. The van der Waals surface area contributed by atoms with Crippen LogP contribution in [0, 0.1) is 12.3 Å². The molecule has 1 aromatic carbocycles. The van der Waals surface area contributed by atoms with E-state index in [2.05, 4.69) is 5.92 Å². The average Bonchev–Trinajstić information content (AvgIpc) is 2.35. The molecule has 5 heteroatoms. The van der Waals surface area contributed by atoms with E-state index in [9.17, 15) is 4.79 Å². The van der Waals surface area contributed by atoms with Gasteiger partial charge in [-0.05, 0) is 12.1 Å². The van der Waals surface area contributed by atoms with Crippen molar-refractivity contribution in [3.63, 3.8) is 0 Å². The van der Waals surface area contributed by atoms with Crippen LogP contribution in [-0.2, 0) is 6.54 Å². The van der Waals surface area contributed by atoms with Crippen LogP contribution in [0.15, 0.2) is 33.5 Å². The van der Waals surface area contributed by atoms with Crippen LogP contribution in [0.25, 0.3) is 11.0 Å². The van der Waals surface area contributed by atoms with E-state index in [-0.39, 0.29) is 31.0 Å². The van der Waals surface area contributed by atoms with Crippen molar-refractivity contribution in [2.24, 2.45) is 5.73 Å². The highest BCUT2D eigenvalue weighted by Crippen LogP contribution is 2.19. The van der Waals surface area contributed by atoms with E-state index in [4.69, 9.17) is 21.3 Å². The Morgan fingerprint density at radius 3 is 2.83 bits per heavy atom. The summed E-state index contributed by atoms with van der Waals surface area (Å²) in [6, 6.07) is 6.35. The highest BCUT2D eigenvalue weighted by atomic mass is 35.5. The number of rotatable bonds is 3. The molecule has 0 aliphatic heterocycles. The summed E-state index contributed by atoms with van der Waals surface area (Å²) in [4.78, 5) is 11.7. The fraction of sp³-hybridized carbons (Fsp3) is 0.154. The fourth-order valence-electron chi connectivity index (χ4n) is 1.50. The number of hydrogen-bond donors (Lipinski definition) is 1. The minimum absolute atomic E-state index is 0. The molecule has 1 heterocycles. The van der Waals surface area contributed by atoms with Gasteiger partial charge >= 0.3 is 0 Å². The predicted octanol–water partition coefficient (Wildman–Crippen LogP) is 1.69. The van der Waals surface area contributed by atoms with Gasteiger partial charge in [-0.1, -0.05) is 5.92 Å². The summed E-state index contributed by atoms with van der Waals surface area (Å²) in [7, 11) is 0. The van der Waals surface area contributed by atoms with E-state index in [1.165, 1.54) is 6.07 Å². The van der Waals surface area contributed by atoms with Crippen LogP contribution in [0.1, 0.15) is 5.76 Å². The van der Waals surface area contributed by atoms with Gasteiger partial charge in [0.15, 0.2) is 5.43 Å². The summed E-state index contributed by atoms with van der Waals surface area (Å²) in [5.41, 5.74) is 5.77. The summed E-state index contributed by atoms with van der Waals surface area (Å²) in [5.74, 6) is 3.37. The number of ether oxygens (including phenoxy) is 1. The zero-order valence-electron chi connectivity index (χ0n) is 9.51. The Balaban J connectivity index is 0.00000162. The first-order chi connectivity index (χ1) is 8.24. The Labute approximate surface area is 110 Å². The lowest BCUT2D eigenvalue weighted by atomic mass is 10.2. The van der Waals surface area contributed by atoms with Gasteiger partial charge in [-0.15, -0.1) is 18.8 Å². The molecule has 18 heavy (non-hydrogen) atoms. The second-order valence-corrected chi connectivity index (χ2v) is 3.43. The Morgan fingerprint density at radius 1 is 1.39 bits per heavy atom. The van der Waals surface area contributed by atoms with E-state index in [1.807, 2.05) is 0 Å². The molecule has 0 amide bonds. The molecule has 1 aromatic heterocycles. The summed E-state index contributed by atoms with van der Waals surface area (Å²) in [6.45, 7) is 0.354. The second-order valence-electron chi connectivity index (χ2n) is 3.43. The van der Waals surface area contributed by atoms with Crippen molar-refractivity contribution < 1.29 is 9.15 Å². The van der Waals surface area contributed by atoms with Crippen LogP contribution in [-0.4, -0.2) is 6.61 Å². The summed E-state index contributed by atoms with van der Waals surface area (Å²) in [6.07, 6.45) is 5.09. The lowest BCUT2D eigenvalue weighted by molar-refractivity contribution is 0.370. The molecule has 2 N–H and O–H groups in total. The van der Waals surface area contributed by atoms with Gasteiger partial charge < -0.3 is 14.9 Å². The number of nitrogens with two attached hydrogens (primary N) is 1. The monoisotopic (exact) mass is 265 g/mol. The van der Waals surface area contributed by atoms with Crippen LogP contribution in [0.2, 0.25) is 0 Å². The smallest absolute Gasteiger partial charge is 0.193 e. The maximum absolute atomic E-state index is 11.7. The third-order valence-electron chi connectivity index (χ3n) is 2.28. The van der Waals surface area contributed by atoms with Crippen molar-refractivity contribution >= 4 is 23.4 Å². The molecule has 0 saturated heterocycles. The van der Waals surface area contributed by atoms with Gasteiger partial charge in [-0.2, -0.15) is 0 Å². The zero-order valence-corrected chi connectivity index (χ0v) is 10.3. The molecule has 0 fully saturated rings. The van der Waals surface area contributed by atoms with Gasteiger partial charge in [-0.3, -0.25) is 4.79 Å². The molecule has 0 radical (unpaired) electrons. The number of benzene rings is 1. The zero-order chi connectivity index (χ0) is 12.3. The van der Waals surface area contributed by atoms with Crippen molar-refractivity contribution in [1.82, 2.24) is 0 Å². The summed E-state index contributed by atoms with van der Waals surface area (Å²) in [5, 5.41) is 0.496. The molecule has 0 aliphatic carbocycles. The molecule has 0 aliphatic rings. The van der Waals surface area contributed by atoms with Crippen LogP contribution in [0.3, 0.4) is 0 Å². The predicted molar refractivity (Wildman–Crippen MR) is 72.0 cm³/mol. The normalized spacial score (nSPS) is 9.56. The maximum Gasteiger partial charge on any atom is 0.193 e. The molecule has 0 spiro atoms. The number of halogens is 1. The first kappa shape index (κ1) is 14.1. The molecule has 0 unspecified atom stereocenters. The number of terminal acetylenes is 1. The lowest BCUT2D eigenvalue weighted by Gasteiger charge is -2.04. The summed E-state index contributed by atoms with van der Waals surface area (Å²) >= 11 is 0. The van der Waals surface area contributed by atoms with Crippen LogP contribution < -0.4 is 15.9 Å². The quantitative estimate of drug-likeness (QED) is 0.858. The van der Waals surface area contributed by atoms with E-state index in [0.29, 0.717) is 22.5 Å². The Morgan fingerprint density at radius 2 is 2.17 bits per heavy atom. The molecule has 94 valence electrons. The molecule has 0 atom stereocenters. The van der Waals surface area contributed by atoms with Crippen molar-refractivity contribution in [2.45, 2.75) is 6.54 Å². The maximum atomic E-state index is 11.7. The fourth-order valence-corrected chi connectivity index (χ4v) is 1.50. The molecular weight excluding hydrogens is 254 g/mol. The van der Waals surface area contributed by atoms with Crippen molar-refractivity contribution in [3.8, 4) is 18.1 Å². The van der Waals surface area contributed by atoms with E-state index in [0.717, 1.165) is 0 Å². The van der Waals surface area contributed by atoms with E-state index in [1.54, 1.807) is 18.2 Å².